The van der Waals surface area contributed by atoms with E-state index >= 15 is 0 Å². The maximum Gasteiger partial charge on any atom is 0.257 e. The number of hydrogen-bond donors (Lipinski definition) is 0. The Hall–Kier alpha value is -2.17. The van der Waals surface area contributed by atoms with Crippen LogP contribution in [0.15, 0.2) is 24.3 Å². The summed E-state index contributed by atoms with van der Waals surface area (Å²) in [5.41, 5.74) is 2.93. The Morgan fingerprint density at radius 2 is 1.85 bits per heavy atom. The molecule has 1 aliphatic heterocycles. The summed E-state index contributed by atoms with van der Waals surface area (Å²) in [6, 6.07) is 6.10. The van der Waals surface area contributed by atoms with E-state index in [2.05, 4.69) is 5.10 Å². The summed E-state index contributed by atoms with van der Waals surface area (Å²) in [7, 11) is 0. The minimum Gasteiger partial charge on any atom is -0.338 e. The predicted octanol–water partition coefficient (Wildman–Crippen LogP) is 2.47. The molecule has 0 N–H and O–H groups in total. The molecular formula is C15H16FN3O. The van der Waals surface area contributed by atoms with E-state index in [9.17, 15) is 9.18 Å². The molecule has 4 nitrogen and oxygen atoms in total. The Morgan fingerprint density at radius 1 is 1.20 bits per heavy atom. The standard InChI is InChI=1S/C15H16FN3O/c1-10-14(15(20)18-8-3-9-18)11(2)19(17-10)13-6-4-12(16)5-7-13/h4-7H,3,8-9H2,1-2H3. The summed E-state index contributed by atoms with van der Waals surface area (Å²) in [6.45, 7) is 5.34. The second kappa shape index (κ2) is 4.74. The number of halogens is 1. The first-order valence-corrected chi connectivity index (χ1v) is 6.69. The smallest absolute Gasteiger partial charge is 0.257 e. The molecule has 0 spiro atoms. The lowest BCUT2D eigenvalue weighted by atomic mass is 10.1. The fourth-order valence-electron chi connectivity index (χ4n) is 2.46. The zero-order chi connectivity index (χ0) is 14.3. The van der Waals surface area contributed by atoms with Crippen molar-refractivity contribution >= 4 is 5.91 Å². The highest BCUT2D eigenvalue weighted by Crippen LogP contribution is 2.21. The van der Waals surface area contributed by atoms with Crippen molar-refractivity contribution < 1.29 is 9.18 Å². The quantitative estimate of drug-likeness (QED) is 0.843. The Bertz CT molecular complexity index is 657. The van der Waals surface area contributed by atoms with E-state index in [1.807, 2.05) is 18.7 Å². The Morgan fingerprint density at radius 3 is 2.40 bits per heavy atom. The SMILES string of the molecule is Cc1nn(-c2ccc(F)cc2)c(C)c1C(=O)N1CCC1. The van der Waals surface area contributed by atoms with Gasteiger partial charge in [-0.3, -0.25) is 4.79 Å². The van der Waals surface area contributed by atoms with Crippen molar-refractivity contribution in [2.45, 2.75) is 20.3 Å². The molecular weight excluding hydrogens is 257 g/mol. The summed E-state index contributed by atoms with van der Waals surface area (Å²) in [4.78, 5) is 14.2. The molecule has 1 amide bonds. The largest absolute Gasteiger partial charge is 0.338 e. The van der Waals surface area contributed by atoms with E-state index in [1.165, 1.54) is 12.1 Å². The van der Waals surface area contributed by atoms with Gasteiger partial charge in [-0.25, -0.2) is 9.07 Å². The third kappa shape index (κ3) is 1.99. The molecule has 0 radical (unpaired) electrons. The second-order valence-corrected chi connectivity index (χ2v) is 5.08. The van der Waals surface area contributed by atoms with Crippen LogP contribution in [0.25, 0.3) is 5.69 Å². The number of hydrogen-bond acceptors (Lipinski definition) is 2. The maximum atomic E-state index is 13.0. The average molecular weight is 273 g/mol. The van der Waals surface area contributed by atoms with Crippen LogP contribution in [0, 0.1) is 19.7 Å². The Kier molecular flexibility index (Phi) is 3.04. The number of carbonyl (C=O) groups is 1. The third-order valence-corrected chi connectivity index (χ3v) is 3.72. The number of benzene rings is 1. The highest BCUT2D eigenvalue weighted by Gasteiger charge is 2.27. The van der Waals surface area contributed by atoms with Gasteiger partial charge in [-0.1, -0.05) is 0 Å². The van der Waals surface area contributed by atoms with Crippen molar-refractivity contribution in [2.75, 3.05) is 13.1 Å². The van der Waals surface area contributed by atoms with Gasteiger partial charge in [-0.05, 0) is 44.5 Å². The average Bonchev–Trinajstić information content (AvgIpc) is 2.63. The number of amides is 1. The Balaban J connectivity index is 2.01. The molecule has 1 aliphatic rings. The topological polar surface area (TPSA) is 38.1 Å². The molecule has 0 atom stereocenters. The van der Waals surface area contributed by atoms with Crippen molar-refractivity contribution in [3.63, 3.8) is 0 Å². The van der Waals surface area contributed by atoms with Crippen LogP contribution in [0.4, 0.5) is 4.39 Å². The third-order valence-electron chi connectivity index (χ3n) is 3.72. The van der Waals surface area contributed by atoms with Crippen LogP contribution in [0.1, 0.15) is 28.2 Å². The van der Waals surface area contributed by atoms with Crippen molar-refractivity contribution in [2.24, 2.45) is 0 Å². The van der Waals surface area contributed by atoms with Crippen LogP contribution in [-0.2, 0) is 0 Å². The highest BCUT2D eigenvalue weighted by molar-refractivity contribution is 5.97. The van der Waals surface area contributed by atoms with Crippen molar-refractivity contribution in [3.8, 4) is 5.69 Å². The molecule has 20 heavy (non-hydrogen) atoms. The van der Waals surface area contributed by atoms with E-state index in [4.69, 9.17) is 0 Å². The molecule has 1 saturated heterocycles. The number of rotatable bonds is 2. The molecule has 2 aromatic rings. The lowest BCUT2D eigenvalue weighted by Crippen LogP contribution is -2.42. The van der Waals surface area contributed by atoms with Crippen LogP contribution >= 0.6 is 0 Å². The van der Waals surface area contributed by atoms with E-state index < -0.39 is 0 Å². The zero-order valence-corrected chi connectivity index (χ0v) is 11.6. The number of aromatic nitrogens is 2. The first kappa shape index (κ1) is 12.8. The predicted molar refractivity (Wildman–Crippen MR) is 73.5 cm³/mol. The van der Waals surface area contributed by atoms with Crippen LogP contribution in [0.3, 0.4) is 0 Å². The monoisotopic (exact) mass is 273 g/mol. The normalized spacial score (nSPS) is 14.2. The summed E-state index contributed by atoms with van der Waals surface area (Å²) >= 11 is 0. The summed E-state index contributed by atoms with van der Waals surface area (Å²) in [5, 5.41) is 4.42. The molecule has 1 fully saturated rings. The van der Waals surface area contributed by atoms with E-state index in [0.29, 0.717) is 11.3 Å². The van der Waals surface area contributed by atoms with Gasteiger partial charge in [0.15, 0.2) is 0 Å². The fourth-order valence-corrected chi connectivity index (χ4v) is 2.46. The number of aryl methyl sites for hydroxylation is 1. The highest BCUT2D eigenvalue weighted by atomic mass is 19.1. The van der Waals surface area contributed by atoms with Crippen molar-refractivity contribution in [1.82, 2.24) is 14.7 Å². The van der Waals surface area contributed by atoms with Gasteiger partial charge in [0.2, 0.25) is 0 Å². The van der Waals surface area contributed by atoms with Gasteiger partial charge >= 0.3 is 0 Å². The molecule has 3 rings (SSSR count). The minimum atomic E-state index is -0.285. The molecule has 1 aromatic carbocycles. The van der Waals surface area contributed by atoms with Gasteiger partial charge in [-0.2, -0.15) is 5.10 Å². The number of nitrogens with zero attached hydrogens (tertiary/aromatic N) is 3. The zero-order valence-electron chi connectivity index (χ0n) is 11.6. The molecule has 0 unspecified atom stereocenters. The molecule has 1 aromatic heterocycles. The van der Waals surface area contributed by atoms with Crippen molar-refractivity contribution in [1.29, 1.82) is 0 Å². The maximum absolute atomic E-state index is 13.0. The van der Waals surface area contributed by atoms with Crippen LogP contribution < -0.4 is 0 Å². The van der Waals surface area contributed by atoms with Crippen LogP contribution in [0.2, 0.25) is 0 Å². The van der Waals surface area contributed by atoms with Gasteiger partial charge in [-0.15, -0.1) is 0 Å². The second-order valence-electron chi connectivity index (χ2n) is 5.08. The molecule has 0 aliphatic carbocycles. The Labute approximate surface area is 116 Å². The molecule has 2 heterocycles. The summed E-state index contributed by atoms with van der Waals surface area (Å²) in [5.74, 6) is -0.244. The number of carbonyl (C=O) groups excluding carboxylic acids is 1. The van der Waals surface area contributed by atoms with Crippen LogP contribution in [0.5, 0.6) is 0 Å². The molecule has 5 heteroatoms. The van der Waals surface area contributed by atoms with E-state index in [0.717, 1.165) is 30.9 Å². The van der Waals surface area contributed by atoms with Crippen molar-refractivity contribution in [3.05, 3.63) is 47.0 Å². The van der Waals surface area contributed by atoms with Gasteiger partial charge in [0, 0.05) is 13.1 Å². The molecule has 104 valence electrons. The van der Waals surface area contributed by atoms with E-state index in [1.54, 1.807) is 16.8 Å². The van der Waals surface area contributed by atoms with E-state index in [-0.39, 0.29) is 11.7 Å². The first-order chi connectivity index (χ1) is 9.58. The lowest BCUT2D eigenvalue weighted by Gasteiger charge is -2.30. The molecule has 0 bridgehead atoms. The minimum absolute atomic E-state index is 0.0413. The lowest BCUT2D eigenvalue weighted by molar-refractivity contribution is 0.0650. The fraction of sp³-hybridized carbons (Fsp3) is 0.333. The van der Waals surface area contributed by atoms with Gasteiger partial charge < -0.3 is 4.90 Å². The summed E-state index contributed by atoms with van der Waals surface area (Å²) in [6.07, 6.45) is 1.07. The van der Waals surface area contributed by atoms with Gasteiger partial charge in [0.1, 0.15) is 5.82 Å². The molecule has 0 saturated carbocycles. The number of likely N-dealkylation sites (tertiary alicyclic amines) is 1. The van der Waals surface area contributed by atoms with Gasteiger partial charge in [0.05, 0.1) is 22.6 Å². The van der Waals surface area contributed by atoms with Crippen LogP contribution in [-0.4, -0.2) is 33.7 Å². The summed E-state index contributed by atoms with van der Waals surface area (Å²) < 4.78 is 14.7. The van der Waals surface area contributed by atoms with Gasteiger partial charge in [0.25, 0.3) is 5.91 Å². The first-order valence-electron chi connectivity index (χ1n) is 6.69.